The molecule has 128 valence electrons. The first kappa shape index (κ1) is 15.7. The van der Waals surface area contributed by atoms with Crippen LogP contribution in [0.2, 0.25) is 0 Å². The van der Waals surface area contributed by atoms with E-state index in [1.54, 1.807) is 0 Å². The maximum Gasteiger partial charge on any atom is 0.133 e. The van der Waals surface area contributed by atoms with Crippen molar-refractivity contribution in [2.45, 2.75) is 31.2 Å². The van der Waals surface area contributed by atoms with Crippen molar-refractivity contribution in [3.63, 3.8) is 0 Å². The van der Waals surface area contributed by atoms with E-state index in [-0.39, 0.29) is 0 Å². The molecule has 0 aromatic heterocycles. The van der Waals surface area contributed by atoms with Crippen molar-refractivity contribution in [3.05, 3.63) is 41.6 Å². The molecule has 5 heteroatoms. The molecule has 1 aromatic rings. The lowest BCUT2D eigenvalue weighted by molar-refractivity contribution is -0.109. The van der Waals surface area contributed by atoms with Crippen LogP contribution in [0.5, 0.6) is 5.75 Å². The van der Waals surface area contributed by atoms with Gasteiger partial charge in [-0.1, -0.05) is 18.2 Å². The molecule has 1 N–H and O–H groups in total. The fourth-order valence-corrected chi connectivity index (χ4v) is 4.15. The molecule has 24 heavy (non-hydrogen) atoms. The topological polar surface area (TPSA) is 44.8 Å². The van der Waals surface area contributed by atoms with Crippen LogP contribution in [-0.4, -0.2) is 55.0 Å². The van der Waals surface area contributed by atoms with Gasteiger partial charge in [0.15, 0.2) is 0 Å². The molecule has 1 fully saturated rings. The lowest BCUT2D eigenvalue weighted by atomic mass is 9.93. The summed E-state index contributed by atoms with van der Waals surface area (Å²) in [6.07, 6.45) is 8.51. The van der Waals surface area contributed by atoms with E-state index in [4.69, 9.17) is 4.74 Å². The van der Waals surface area contributed by atoms with Gasteiger partial charge in [-0.15, -0.1) is 0 Å². The minimum absolute atomic E-state index is 0.473. The first-order valence-electron chi connectivity index (χ1n) is 8.93. The van der Waals surface area contributed by atoms with Gasteiger partial charge >= 0.3 is 0 Å². The Hall–Kier alpha value is -1.85. The lowest BCUT2D eigenvalue weighted by Crippen LogP contribution is -2.36. The number of hydrazine groups is 1. The van der Waals surface area contributed by atoms with Crippen LogP contribution in [0.1, 0.15) is 29.9 Å². The molecule has 1 aromatic carbocycles. The summed E-state index contributed by atoms with van der Waals surface area (Å²) in [4.78, 5) is 13.4. The zero-order valence-electron chi connectivity index (χ0n) is 14.0. The highest BCUT2D eigenvalue weighted by molar-refractivity contribution is 5.52. The minimum atomic E-state index is 0.473. The summed E-state index contributed by atoms with van der Waals surface area (Å²) in [6, 6.07) is 7.12. The molecule has 2 atom stereocenters. The number of likely N-dealkylation sites (tertiary alicyclic amines) is 1. The van der Waals surface area contributed by atoms with Crippen molar-refractivity contribution >= 4 is 6.29 Å². The van der Waals surface area contributed by atoms with Gasteiger partial charge in [0, 0.05) is 38.3 Å². The number of ether oxygens (including phenoxy) is 1. The quantitative estimate of drug-likeness (QED) is 0.806. The van der Waals surface area contributed by atoms with Crippen LogP contribution in [-0.2, 0) is 11.2 Å². The van der Waals surface area contributed by atoms with Gasteiger partial charge in [0.1, 0.15) is 12.0 Å². The van der Waals surface area contributed by atoms with Gasteiger partial charge in [0.2, 0.25) is 0 Å². The van der Waals surface area contributed by atoms with Crippen LogP contribution in [0.3, 0.4) is 0 Å². The standard InChI is InChI=1S/C19H25N3O2/c23-10-9-21-14-17(13-18(21)4-8-22-7-1-6-20-22)15-2-3-19-16(12-15)5-11-24-19/h1-3,7,10,12,17-18,20H,4-6,8-9,11,13-14H2. The second-order valence-electron chi connectivity index (χ2n) is 6.90. The summed E-state index contributed by atoms with van der Waals surface area (Å²) in [7, 11) is 0. The monoisotopic (exact) mass is 327 g/mol. The SMILES string of the molecule is O=CCN1CC(c2ccc3c(c2)CCO3)CC1CCN1C=CCN1. The number of carbonyl (C=O) groups excluding carboxylic acids is 1. The zero-order chi connectivity index (χ0) is 16.4. The molecule has 0 aliphatic carbocycles. The van der Waals surface area contributed by atoms with Crippen molar-refractivity contribution in [3.8, 4) is 5.75 Å². The summed E-state index contributed by atoms with van der Waals surface area (Å²) in [5.74, 6) is 1.56. The largest absolute Gasteiger partial charge is 0.493 e. The van der Waals surface area contributed by atoms with Gasteiger partial charge in [0.25, 0.3) is 0 Å². The van der Waals surface area contributed by atoms with Gasteiger partial charge in [-0.05, 0) is 36.0 Å². The first-order valence-corrected chi connectivity index (χ1v) is 8.93. The third-order valence-electron chi connectivity index (χ3n) is 5.42. The molecule has 5 nitrogen and oxygen atoms in total. The number of benzene rings is 1. The molecule has 0 amide bonds. The number of nitrogens with zero attached hydrogens (tertiary/aromatic N) is 2. The van der Waals surface area contributed by atoms with E-state index in [1.807, 2.05) is 0 Å². The van der Waals surface area contributed by atoms with E-state index in [1.165, 1.54) is 11.1 Å². The summed E-state index contributed by atoms with van der Waals surface area (Å²) in [5.41, 5.74) is 6.06. The number of nitrogens with one attached hydrogen (secondary N) is 1. The van der Waals surface area contributed by atoms with E-state index in [2.05, 4.69) is 45.8 Å². The van der Waals surface area contributed by atoms with Gasteiger partial charge in [-0.2, -0.15) is 0 Å². The lowest BCUT2D eigenvalue weighted by Gasteiger charge is -2.24. The Kier molecular flexibility index (Phi) is 4.54. The van der Waals surface area contributed by atoms with E-state index >= 15 is 0 Å². The summed E-state index contributed by atoms with van der Waals surface area (Å²) >= 11 is 0. The maximum atomic E-state index is 11.1. The average Bonchev–Trinajstić information content (AvgIpc) is 3.33. The average molecular weight is 327 g/mol. The van der Waals surface area contributed by atoms with Crippen molar-refractivity contribution in [2.24, 2.45) is 0 Å². The smallest absolute Gasteiger partial charge is 0.133 e. The Morgan fingerprint density at radius 1 is 1.38 bits per heavy atom. The summed E-state index contributed by atoms with van der Waals surface area (Å²) in [5, 5.41) is 2.15. The Bertz CT molecular complexity index is 631. The Morgan fingerprint density at radius 3 is 3.17 bits per heavy atom. The van der Waals surface area contributed by atoms with Crippen LogP contribution in [0, 0.1) is 0 Å². The van der Waals surface area contributed by atoms with Crippen LogP contribution in [0.25, 0.3) is 0 Å². The molecule has 0 bridgehead atoms. The molecule has 0 radical (unpaired) electrons. The van der Waals surface area contributed by atoms with Crippen LogP contribution < -0.4 is 10.2 Å². The van der Waals surface area contributed by atoms with E-state index in [9.17, 15) is 4.79 Å². The van der Waals surface area contributed by atoms with Crippen molar-refractivity contribution in [1.29, 1.82) is 0 Å². The molecule has 4 rings (SSSR count). The van der Waals surface area contributed by atoms with E-state index in [0.29, 0.717) is 18.5 Å². The first-order chi connectivity index (χ1) is 11.8. The fraction of sp³-hybridized carbons (Fsp3) is 0.526. The highest BCUT2D eigenvalue weighted by atomic mass is 16.5. The predicted molar refractivity (Wildman–Crippen MR) is 92.9 cm³/mol. The van der Waals surface area contributed by atoms with Gasteiger partial charge < -0.3 is 14.5 Å². The summed E-state index contributed by atoms with van der Waals surface area (Å²) < 4.78 is 5.62. The number of rotatable bonds is 6. The fourth-order valence-electron chi connectivity index (χ4n) is 4.15. The van der Waals surface area contributed by atoms with Crippen molar-refractivity contribution < 1.29 is 9.53 Å². The second kappa shape index (κ2) is 6.95. The number of hydrogen-bond acceptors (Lipinski definition) is 5. The Balaban J connectivity index is 1.43. The highest BCUT2D eigenvalue weighted by Crippen LogP contribution is 2.36. The molecule has 0 spiro atoms. The normalized spacial score (nSPS) is 25.9. The molecule has 0 saturated carbocycles. The molecule has 1 saturated heterocycles. The molecule has 2 unspecified atom stereocenters. The number of hydrogen-bond donors (Lipinski definition) is 1. The minimum Gasteiger partial charge on any atom is -0.493 e. The number of aldehydes is 1. The molecule has 3 aliphatic rings. The molecular weight excluding hydrogens is 302 g/mol. The highest BCUT2D eigenvalue weighted by Gasteiger charge is 2.33. The maximum absolute atomic E-state index is 11.1. The number of carbonyl (C=O) groups is 1. The van der Waals surface area contributed by atoms with Crippen LogP contribution in [0.15, 0.2) is 30.5 Å². The van der Waals surface area contributed by atoms with Crippen LogP contribution in [0.4, 0.5) is 0 Å². The van der Waals surface area contributed by atoms with Crippen molar-refractivity contribution in [1.82, 2.24) is 15.3 Å². The third kappa shape index (κ3) is 3.19. The Labute approximate surface area is 143 Å². The Morgan fingerprint density at radius 2 is 2.33 bits per heavy atom. The number of fused-ring (bicyclic) bond motifs is 1. The van der Waals surface area contributed by atoms with Gasteiger partial charge in [-0.25, -0.2) is 5.43 Å². The molecule has 3 heterocycles. The molecule has 3 aliphatic heterocycles. The molecular formula is C19H25N3O2. The van der Waals surface area contributed by atoms with E-state index < -0.39 is 0 Å². The van der Waals surface area contributed by atoms with Crippen LogP contribution >= 0.6 is 0 Å². The second-order valence-corrected chi connectivity index (χ2v) is 6.90. The van der Waals surface area contributed by atoms with Gasteiger partial charge in [0.05, 0.1) is 13.2 Å². The third-order valence-corrected chi connectivity index (χ3v) is 5.42. The predicted octanol–water partition coefficient (Wildman–Crippen LogP) is 1.70. The summed E-state index contributed by atoms with van der Waals surface area (Å²) in [6.45, 7) is 4.23. The van der Waals surface area contributed by atoms with Gasteiger partial charge in [-0.3, -0.25) is 4.90 Å². The van der Waals surface area contributed by atoms with Crippen molar-refractivity contribution in [2.75, 3.05) is 32.8 Å². The zero-order valence-corrected chi connectivity index (χ0v) is 14.0. The van der Waals surface area contributed by atoms with E-state index in [0.717, 1.165) is 57.5 Å².